The minimum atomic E-state index is -1.16. The normalized spacial score (nSPS) is 16.3. The molecule has 2 aromatic rings. The molecule has 3 rings (SSSR count). The molecule has 1 saturated heterocycles. The molecule has 0 bridgehead atoms. The van der Waals surface area contributed by atoms with Crippen molar-refractivity contribution in [1.82, 2.24) is 9.97 Å². The predicted molar refractivity (Wildman–Crippen MR) is 91.4 cm³/mol. The van der Waals surface area contributed by atoms with Crippen LogP contribution in [0.5, 0.6) is 0 Å². The third-order valence-electron chi connectivity index (χ3n) is 3.57. The number of rotatable bonds is 4. The lowest BCUT2D eigenvalue weighted by Gasteiger charge is -2.28. The molecule has 1 aliphatic rings. The van der Waals surface area contributed by atoms with Crippen molar-refractivity contribution in [2.45, 2.75) is 17.6 Å². The summed E-state index contributed by atoms with van der Waals surface area (Å²) < 4.78 is 17.9. The smallest absolute Gasteiger partial charge is 0.132 e. The van der Waals surface area contributed by atoms with Gasteiger partial charge in [-0.2, -0.15) is 0 Å². The van der Waals surface area contributed by atoms with Crippen LogP contribution >= 0.6 is 11.6 Å². The Kier molecular flexibility index (Phi) is 5.25. The molecular formula is C16H18ClN3O2S. The number of morpholine rings is 1. The Morgan fingerprint density at radius 2 is 1.91 bits per heavy atom. The van der Waals surface area contributed by atoms with Crippen LogP contribution in [-0.2, 0) is 21.3 Å². The second kappa shape index (κ2) is 7.38. The first-order chi connectivity index (χ1) is 11.1. The van der Waals surface area contributed by atoms with Crippen LogP contribution in [0.2, 0.25) is 5.02 Å². The molecular weight excluding hydrogens is 334 g/mol. The van der Waals surface area contributed by atoms with E-state index >= 15 is 0 Å². The van der Waals surface area contributed by atoms with E-state index in [1.54, 1.807) is 24.3 Å². The van der Waals surface area contributed by atoms with Gasteiger partial charge in [0.25, 0.3) is 0 Å². The SMILES string of the molecule is Cc1nc(C[S@@](=O)c2ccc(Cl)cc2)cc(N2CCOCC2)n1. The monoisotopic (exact) mass is 351 g/mol. The first-order valence-corrected chi connectivity index (χ1v) is 9.13. The number of hydrogen-bond donors (Lipinski definition) is 0. The van der Waals surface area contributed by atoms with Crippen LogP contribution in [0.25, 0.3) is 0 Å². The maximum absolute atomic E-state index is 12.5. The minimum Gasteiger partial charge on any atom is -0.378 e. The number of anilines is 1. The number of aromatic nitrogens is 2. The third-order valence-corrected chi connectivity index (χ3v) is 5.18. The van der Waals surface area contributed by atoms with Crippen LogP contribution in [-0.4, -0.2) is 40.5 Å². The summed E-state index contributed by atoms with van der Waals surface area (Å²) in [5, 5.41) is 0.637. The number of ether oxygens (including phenoxy) is 1. The second-order valence-corrected chi connectivity index (χ2v) is 7.20. The van der Waals surface area contributed by atoms with Gasteiger partial charge in [0, 0.05) is 29.1 Å². The Morgan fingerprint density at radius 1 is 1.22 bits per heavy atom. The van der Waals surface area contributed by atoms with Gasteiger partial charge in [-0.3, -0.25) is 4.21 Å². The molecule has 1 aliphatic heterocycles. The third kappa shape index (κ3) is 4.28. The molecule has 0 amide bonds. The van der Waals surface area contributed by atoms with Crippen LogP contribution in [0, 0.1) is 6.92 Å². The van der Waals surface area contributed by atoms with E-state index in [-0.39, 0.29) is 0 Å². The Hall–Kier alpha value is -1.50. The molecule has 0 aliphatic carbocycles. The number of aryl methyl sites for hydroxylation is 1. The maximum atomic E-state index is 12.5. The van der Waals surface area contributed by atoms with Crippen molar-refractivity contribution >= 4 is 28.2 Å². The fourth-order valence-corrected chi connectivity index (χ4v) is 3.59. The van der Waals surface area contributed by atoms with Crippen molar-refractivity contribution in [3.63, 3.8) is 0 Å². The predicted octanol–water partition coefficient (Wildman–Crippen LogP) is 2.58. The van der Waals surface area contributed by atoms with Gasteiger partial charge in [0.1, 0.15) is 11.6 Å². The van der Waals surface area contributed by atoms with Gasteiger partial charge in [-0.1, -0.05) is 11.6 Å². The molecule has 1 fully saturated rings. The number of benzene rings is 1. The van der Waals surface area contributed by atoms with E-state index in [9.17, 15) is 4.21 Å². The van der Waals surface area contributed by atoms with Gasteiger partial charge in [-0.25, -0.2) is 9.97 Å². The fraction of sp³-hybridized carbons (Fsp3) is 0.375. The lowest BCUT2D eigenvalue weighted by atomic mass is 10.3. The van der Waals surface area contributed by atoms with Crippen molar-refractivity contribution in [2.24, 2.45) is 0 Å². The summed E-state index contributed by atoms with van der Waals surface area (Å²) in [6, 6.07) is 9.00. The second-order valence-electron chi connectivity index (χ2n) is 5.31. The average Bonchev–Trinajstić information content (AvgIpc) is 2.55. The highest BCUT2D eigenvalue weighted by Crippen LogP contribution is 2.18. The molecule has 0 spiro atoms. The van der Waals surface area contributed by atoms with E-state index in [1.807, 2.05) is 13.0 Å². The average molecular weight is 352 g/mol. The highest BCUT2D eigenvalue weighted by Gasteiger charge is 2.15. The lowest BCUT2D eigenvalue weighted by molar-refractivity contribution is 0.122. The molecule has 122 valence electrons. The van der Waals surface area contributed by atoms with Gasteiger partial charge >= 0.3 is 0 Å². The van der Waals surface area contributed by atoms with E-state index in [1.165, 1.54) is 0 Å². The van der Waals surface area contributed by atoms with Crippen LogP contribution in [0.15, 0.2) is 35.2 Å². The number of halogens is 1. The lowest BCUT2D eigenvalue weighted by Crippen LogP contribution is -2.37. The van der Waals surface area contributed by atoms with E-state index in [0.717, 1.165) is 29.5 Å². The van der Waals surface area contributed by atoms with E-state index in [2.05, 4.69) is 14.9 Å². The first kappa shape index (κ1) is 16.4. The molecule has 1 atom stereocenters. The molecule has 7 heteroatoms. The minimum absolute atomic E-state index is 0.363. The highest BCUT2D eigenvalue weighted by molar-refractivity contribution is 7.84. The highest BCUT2D eigenvalue weighted by atomic mass is 35.5. The standard InChI is InChI=1S/C16H18ClN3O2S/c1-12-18-14(10-16(19-12)20-6-8-22-9-7-20)11-23(21)15-4-2-13(17)3-5-15/h2-5,10H,6-9,11H2,1H3/t23-/m1/s1. The van der Waals surface area contributed by atoms with E-state index in [0.29, 0.717) is 29.8 Å². The first-order valence-electron chi connectivity index (χ1n) is 7.43. The van der Waals surface area contributed by atoms with Crippen molar-refractivity contribution in [2.75, 3.05) is 31.2 Å². The summed E-state index contributed by atoms with van der Waals surface area (Å²) in [6.07, 6.45) is 0. The Morgan fingerprint density at radius 3 is 2.61 bits per heavy atom. The molecule has 1 aromatic heterocycles. The zero-order valence-corrected chi connectivity index (χ0v) is 14.4. The van der Waals surface area contributed by atoms with Gasteiger partial charge in [0.15, 0.2) is 0 Å². The number of nitrogens with zero attached hydrogens (tertiary/aromatic N) is 3. The number of hydrogen-bond acceptors (Lipinski definition) is 5. The summed E-state index contributed by atoms with van der Waals surface area (Å²) in [5.74, 6) is 1.93. The summed E-state index contributed by atoms with van der Waals surface area (Å²) >= 11 is 5.87. The summed E-state index contributed by atoms with van der Waals surface area (Å²) in [4.78, 5) is 11.8. The van der Waals surface area contributed by atoms with Crippen molar-refractivity contribution < 1.29 is 8.95 Å². The molecule has 5 nitrogen and oxygen atoms in total. The van der Waals surface area contributed by atoms with Gasteiger partial charge in [-0.05, 0) is 31.2 Å². The van der Waals surface area contributed by atoms with E-state index in [4.69, 9.17) is 16.3 Å². The molecule has 2 heterocycles. The zero-order chi connectivity index (χ0) is 16.2. The zero-order valence-electron chi connectivity index (χ0n) is 12.9. The van der Waals surface area contributed by atoms with Crippen molar-refractivity contribution in [3.8, 4) is 0 Å². The van der Waals surface area contributed by atoms with Crippen molar-refractivity contribution in [1.29, 1.82) is 0 Å². The van der Waals surface area contributed by atoms with Crippen LogP contribution in [0.3, 0.4) is 0 Å². The van der Waals surface area contributed by atoms with E-state index < -0.39 is 10.8 Å². The van der Waals surface area contributed by atoms with Gasteiger partial charge in [0.2, 0.25) is 0 Å². The van der Waals surface area contributed by atoms with Crippen molar-refractivity contribution in [3.05, 3.63) is 46.9 Å². The van der Waals surface area contributed by atoms with Crippen LogP contribution in [0.1, 0.15) is 11.5 Å². The Bertz CT molecular complexity index is 703. The van der Waals surface area contributed by atoms with Gasteiger partial charge < -0.3 is 9.64 Å². The summed E-state index contributed by atoms with van der Waals surface area (Å²) in [5.41, 5.74) is 0.785. The molecule has 0 radical (unpaired) electrons. The summed E-state index contributed by atoms with van der Waals surface area (Å²) in [7, 11) is -1.16. The molecule has 0 saturated carbocycles. The van der Waals surface area contributed by atoms with Gasteiger partial charge in [0.05, 0.1) is 35.5 Å². The van der Waals surface area contributed by atoms with Crippen LogP contribution in [0.4, 0.5) is 5.82 Å². The van der Waals surface area contributed by atoms with Crippen LogP contribution < -0.4 is 4.90 Å². The Balaban J connectivity index is 1.78. The topological polar surface area (TPSA) is 55.3 Å². The quantitative estimate of drug-likeness (QED) is 0.847. The molecule has 0 N–H and O–H groups in total. The fourth-order valence-electron chi connectivity index (χ4n) is 2.44. The molecule has 23 heavy (non-hydrogen) atoms. The Labute approximate surface area is 143 Å². The van der Waals surface area contributed by atoms with Gasteiger partial charge in [-0.15, -0.1) is 0 Å². The summed E-state index contributed by atoms with van der Waals surface area (Å²) in [6.45, 7) is 4.90. The molecule has 1 aromatic carbocycles. The maximum Gasteiger partial charge on any atom is 0.132 e. The molecule has 0 unspecified atom stereocenters. The largest absolute Gasteiger partial charge is 0.378 e.